The number of aromatic amines is 2. The van der Waals surface area contributed by atoms with Crippen molar-refractivity contribution in [2.75, 3.05) is 27.3 Å². The molecule has 2 fully saturated rings. The summed E-state index contributed by atoms with van der Waals surface area (Å²) in [4.78, 5) is 70.5. The van der Waals surface area contributed by atoms with Gasteiger partial charge in [-0.25, -0.2) is 19.6 Å². The van der Waals surface area contributed by atoms with Crippen molar-refractivity contribution in [3.8, 4) is 23.1 Å². The van der Waals surface area contributed by atoms with Gasteiger partial charge in [0.2, 0.25) is 11.8 Å². The minimum Gasteiger partial charge on any atom is -0.453 e. The Morgan fingerprint density at radius 1 is 0.836 bits per heavy atom. The molecule has 0 unspecified atom stereocenters. The van der Waals surface area contributed by atoms with Crippen LogP contribution in [0.5, 0.6) is 0 Å². The maximum absolute atomic E-state index is 13.6. The van der Waals surface area contributed by atoms with Crippen molar-refractivity contribution in [2.45, 2.75) is 77.2 Å². The van der Waals surface area contributed by atoms with E-state index in [-0.39, 0.29) is 36.2 Å². The highest BCUT2D eigenvalue weighted by atomic mass is 16.5. The number of nitrogens with zero attached hydrogens (tertiary/aromatic N) is 4. The number of hydrogen-bond acceptors (Lipinski definition) is 9. The lowest BCUT2D eigenvalue weighted by Gasteiger charge is -2.29. The van der Waals surface area contributed by atoms with Gasteiger partial charge in [0.25, 0.3) is 0 Å². The van der Waals surface area contributed by atoms with Gasteiger partial charge in [0.15, 0.2) is 0 Å². The van der Waals surface area contributed by atoms with Gasteiger partial charge in [-0.3, -0.25) is 9.59 Å². The summed E-state index contributed by atoms with van der Waals surface area (Å²) in [6, 6.07) is 11.2. The highest BCUT2D eigenvalue weighted by Gasteiger charge is 2.41. The number of benzene rings is 2. The van der Waals surface area contributed by atoms with E-state index in [2.05, 4.69) is 32.4 Å². The van der Waals surface area contributed by atoms with Crippen LogP contribution in [-0.4, -0.2) is 104 Å². The summed E-state index contributed by atoms with van der Waals surface area (Å²) in [5, 5.41) is 15.8. The third kappa shape index (κ3) is 8.60. The highest BCUT2D eigenvalue weighted by Crippen LogP contribution is 2.34. The van der Waals surface area contributed by atoms with Gasteiger partial charge in [-0.1, -0.05) is 51.7 Å². The molecule has 4 amide bonds. The number of aromatic nitrogens is 4. The summed E-state index contributed by atoms with van der Waals surface area (Å²) in [5.74, 6) is 6.87. The summed E-state index contributed by atoms with van der Waals surface area (Å²) >= 11 is 0. The number of aliphatic hydroxyl groups is 1. The van der Waals surface area contributed by atoms with E-state index in [0.29, 0.717) is 30.1 Å². The number of H-pyrrole nitrogens is 2. The van der Waals surface area contributed by atoms with E-state index in [4.69, 9.17) is 19.4 Å². The number of β-amino-alcohol motifs (C(OH)–C–C–N with tert-alkyl or cyclic N) is 1. The Balaban J connectivity index is 1.13. The smallest absolute Gasteiger partial charge is 0.407 e. The van der Waals surface area contributed by atoms with Crippen LogP contribution in [0.1, 0.15) is 81.8 Å². The van der Waals surface area contributed by atoms with Gasteiger partial charge >= 0.3 is 12.2 Å². The first-order valence-corrected chi connectivity index (χ1v) is 18.5. The average Bonchev–Trinajstić information content (AvgIpc) is 4.00. The normalized spacial score (nSPS) is 19.3. The fourth-order valence-corrected chi connectivity index (χ4v) is 7.17. The molecule has 0 radical (unpaired) electrons. The van der Waals surface area contributed by atoms with E-state index in [1.54, 1.807) is 9.80 Å². The molecule has 0 saturated carbocycles. The van der Waals surface area contributed by atoms with Crippen LogP contribution in [0.25, 0.3) is 22.3 Å². The van der Waals surface area contributed by atoms with Crippen LogP contribution >= 0.6 is 0 Å². The number of aliphatic hydroxyl groups excluding tert-OH is 1. The maximum Gasteiger partial charge on any atom is 0.407 e. The van der Waals surface area contributed by atoms with Crippen LogP contribution in [0, 0.1) is 23.7 Å². The monoisotopic (exact) mass is 752 g/mol. The lowest BCUT2D eigenvalue weighted by atomic mass is 10.0. The SMILES string of the molecule is COC(=O)N[C@H](C(=O)N1CCC[C@H]1c1nc(-c2ccc(C#Cc3ccc4[nH]c([C@@H]5C[C@@H](O)CN5C(=O)[C@@H](NC(=O)OC)C(C)C)nc4c3)cc2)c[nH]1)C(C)C. The molecule has 0 bridgehead atoms. The van der Waals surface area contributed by atoms with Crippen LogP contribution in [0.2, 0.25) is 0 Å². The summed E-state index contributed by atoms with van der Waals surface area (Å²) in [6.07, 6.45) is 1.67. The Labute approximate surface area is 319 Å². The zero-order chi connectivity index (χ0) is 39.4. The molecule has 290 valence electrons. The van der Waals surface area contributed by atoms with Crippen LogP contribution < -0.4 is 10.6 Å². The van der Waals surface area contributed by atoms with Crippen molar-refractivity contribution in [3.05, 3.63) is 71.4 Å². The van der Waals surface area contributed by atoms with Gasteiger partial charge < -0.3 is 45.0 Å². The Morgan fingerprint density at radius 3 is 2.09 bits per heavy atom. The number of carbonyl (C=O) groups excluding carboxylic acids is 4. The zero-order valence-corrected chi connectivity index (χ0v) is 31.9. The molecule has 0 aliphatic carbocycles. The first kappa shape index (κ1) is 38.8. The fourth-order valence-electron chi connectivity index (χ4n) is 7.17. The highest BCUT2D eigenvalue weighted by molar-refractivity contribution is 5.87. The molecule has 2 aliphatic heterocycles. The standard InChI is InChI=1S/C40H48N8O7/c1-22(2)33(45-39(52)54-5)37(50)47-17-7-8-31(47)35-41-20-30(44-35)26-14-11-24(12-15-26)9-10-25-13-16-28-29(18-25)43-36(42-28)32-19-27(49)21-48(32)38(51)34(23(3)4)46-40(53)55-6/h11-16,18,20,22-23,27,31-34,49H,7-8,17,19,21H2,1-6H3,(H,41,44)(H,42,43)(H,45,52)(H,46,53)/t27-,31+,32+,33+,34+/m1/s1. The molecule has 55 heavy (non-hydrogen) atoms. The number of methoxy groups -OCH3 is 2. The Morgan fingerprint density at radius 2 is 1.45 bits per heavy atom. The number of carbonyl (C=O) groups is 4. The Hall–Kier alpha value is -5.88. The van der Waals surface area contributed by atoms with Gasteiger partial charge in [-0.05, 0) is 55.0 Å². The summed E-state index contributed by atoms with van der Waals surface area (Å²) < 4.78 is 9.46. The molecule has 2 aromatic carbocycles. The number of rotatable bonds is 9. The van der Waals surface area contributed by atoms with E-state index in [1.807, 2.05) is 76.4 Å². The molecule has 15 heteroatoms. The van der Waals surface area contributed by atoms with Gasteiger partial charge in [0, 0.05) is 42.4 Å². The molecule has 5 N–H and O–H groups in total. The van der Waals surface area contributed by atoms with E-state index >= 15 is 0 Å². The summed E-state index contributed by atoms with van der Waals surface area (Å²) in [7, 11) is 2.52. The number of ether oxygens (including phenoxy) is 2. The number of amides is 4. The first-order valence-electron chi connectivity index (χ1n) is 18.5. The van der Waals surface area contributed by atoms with Crippen LogP contribution in [0.15, 0.2) is 48.7 Å². The number of nitrogens with one attached hydrogen (secondary N) is 4. The van der Waals surface area contributed by atoms with Gasteiger partial charge in [-0.2, -0.15) is 0 Å². The summed E-state index contributed by atoms with van der Waals surface area (Å²) in [5.41, 5.74) is 4.65. The molecule has 2 aliphatic rings. The van der Waals surface area contributed by atoms with Crippen molar-refractivity contribution in [3.63, 3.8) is 0 Å². The van der Waals surface area contributed by atoms with Crippen LogP contribution in [-0.2, 0) is 19.1 Å². The van der Waals surface area contributed by atoms with Gasteiger partial charge in [0.1, 0.15) is 23.7 Å². The lowest BCUT2D eigenvalue weighted by molar-refractivity contribution is -0.136. The number of alkyl carbamates (subject to hydrolysis) is 2. The Bertz CT molecular complexity index is 2100. The number of imidazole rings is 2. The van der Waals surface area contributed by atoms with Gasteiger partial charge in [-0.15, -0.1) is 0 Å². The summed E-state index contributed by atoms with van der Waals surface area (Å²) in [6.45, 7) is 8.15. The molecule has 2 aromatic heterocycles. The van der Waals surface area contributed by atoms with Crippen molar-refractivity contribution < 1.29 is 33.8 Å². The molecular weight excluding hydrogens is 704 g/mol. The second kappa shape index (κ2) is 16.6. The molecule has 0 spiro atoms. The van der Waals surface area contributed by atoms with Crippen LogP contribution in [0.3, 0.4) is 0 Å². The average molecular weight is 753 g/mol. The number of likely N-dealkylation sites (tertiary alicyclic amines) is 2. The minimum absolute atomic E-state index is 0.118. The van der Waals surface area contributed by atoms with Crippen LogP contribution in [0.4, 0.5) is 9.59 Å². The molecule has 2 saturated heterocycles. The van der Waals surface area contributed by atoms with Gasteiger partial charge in [0.05, 0.1) is 49.1 Å². The number of fused-ring (bicyclic) bond motifs is 1. The molecule has 4 aromatic rings. The van der Waals surface area contributed by atoms with Crippen molar-refractivity contribution in [1.82, 2.24) is 40.4 Å². The maximum atomic E-state index is 13.6. The molecule has 5 atom stereocenters. The predicted molar refractivity (Wildman–Crippen MR) is 203 cm³/mol. The molecular formula is C40H48N8O7. The van der Waals surface area contributed by atoms with E-state index in [9.17, 15) is 24.3 Å². The first-order chi connectivity index (χ1) is 26.4. The largest absolute Gasteiger partial charge is 0.453 e. The van der Waals surface area contributed by atoms with Crippen molar-refractivity contribution in [2.24, 2.45) is 11.8 Å². The molecule has 4 heterocycles. The van der Waals surface area contributed by atoms with E-state index < -0.39 is 36.4 Å². The zero-order valence-electron chi connectivity index (χ0n) is 31.9. The third-order valence-electron chi connectivity index (χ3n) is 10.1. The molecule has 6 rings (SSSR count). The second-order valence-electron chi connectivity index (χ2n) is 14.7. The lowest BCUT2D eigenvalue weighted by Crippen LogP contribution is -2.51. The molecule has 15 nitrogen and oxygen atoms in total. The predicted octanol–water partition coefficient (Wildman–Crippen LogP) is 4.41. The fraction of sp³-hybridized carbons (Fsp3) is 0.450. The Kier molecular flexibility index (Phi) is 11.8. The van der Waals surface area contributed by atoms with Crippen molar-refractivity contribution in [1.29, 1.82) is 0 Å². The minimum atomic E-state index is -0.820. The van der Waals surface area contributed by atoms with Crippen molar-refractivity contribution >= 4 is 35.0 Å². The van der Waals surface area contributed by atoms with E-state index in [0.717, 1.165) is 40.7 Å². The topological polar surface area (TPSA) is 195 Å². The number of hydrogen-bond donors (Lipinski definition) is 5. The second-order valence-corrected chi connectivity index (χ2v) is 14.7. The quantitative estimate of drug-likeness (QED) is 0.154. The van der Waals surface area contributed by atoms with E-state index in [1.165, 1.54) is 14.2 Å². The third-order valence-corrected chi connectivity index (χ3v) is 10.1.